The number of nitrogens with one attached hydrogen (secondary N) is 1. The lowest BCUT2D eigenvalue weighted by Gasteiger charge is -2.18. The van der Waals surface area contributed by atoms with Crippen molar-refractivity contribution < 1.29 is 4.79 Å². The third-order valence-corrected chi connectivity index (χ3v) is 3.50. The molecule has 0 saturated heterocycles. The van der Waals surface area contributed by atoms with Crippen molar-refractivity contribution in [3.8, 4) is 0 Å². The number of carbonyl (C=O) groups is 1. The minimum Gasteiger partial charge on any atom is -0.349 e. The van der Waals surface area contributed by atoms with Gasteiger partial charge in [-0.15, -0.1) is 0 Å². The van der Waals surface area contributed by atoms with Crippen LogP contribution in [0.15, 0.2) is 42.7 Å². The van der Waals surface area contributed by atoms with Crippen molar-refractivity contribution in [2.75, 3.05) is 0 Å². The molecule has 0 spiro atoms. The van der Waals surface area contributed by atoms with Crippen LogP contribution in [0.3, 0.4) is 0 Å². The Balaban J connectivity index is 1.93. The monoisotopic (exact) mass is 271 g/mol. The quantitative estimate of drug-likeness (QED) is 0.909. The van der Waals surface area contributed by atoms with Gasteiger partial charge in [0.25, 0.3) is 0 Å². The van der Waals surface area contributed by atoms with Gasteiger partial charge in [-0.05, 0) is 19.4 Å². The van der Waals surface area contributed by atoms with E-state index in [1.807, 2.05) is 61.9 Å². The maximum atomic E-state index is 12.2. The molecular formula is C16H21N3O. The molecule has 0 saturated carbocycles. The summed E-state index contributed by atoms with van der Waals surface area (Å²) in [5.41, 5.74) is 1.12. The summed E-state index contributed by atoms with van der Waals surface area (Å²) in [6.07, 6.45) is 3.66. The van der Waals surface area contributed by atoms with E-state index < -0.39 is 0 Å². The fourth-order valence-corrected chi connectivity index (χ4v) is 2.16. The Bertz CT molecular complexity index is 562. The summed E-state index contributed by atoms with van der Waals surface area (Å²) in [5, 5.41) is 3.06. The molecule has 0 bridgehead atoms. The van der Waals surface area contributed by atoms with Crippen molar-refractivity contribution in [1.82, 2.24) is 14.9 Å². The zero-order valence-corrected chi connectivity index (χ0v) is 12.2. The van der Waals surface area contributed by atoms with Crippen LogP contribution in [-0.4, -0.2) is 15.5 Å². The highest BCUT2D eigenvalue weighted by atomic mass is 16.1. The highest BCUT2D eigenvalue weighted by Crippen LogP contribution is 2.13. The summed E-state index contributed by atoms with van der Waals surface area (Å²) >= 11 is 0. The van der Waals surface area contributed by atoms with Crippen LogP contribution in [0.4, 0.5) is 0 Å². The van der Waals surface area contributed by atoms with E-state index >= 15 is 0 Å². The van der Waals surface area contributed by atoms with Gasteiger partial charge in [0, 0.05) is 18.9 Å². The molecule has 4 nitrogen and oxygen atoms in total. The molecule has 1 aromatic carbocycles. The topological polar surface area (TPSA) is 46.9 Å². The number of nitrogens with zero attached hydrogens (tertiary/aromatic N) is 2. The molecule has 1 heterocycles. The van der Waals surface area contributed by atoms with Gasteiger partial charge >= 0.3 is 0 Å². The Morgan fingerprint density at radius 3 is 2.60 bits per heavy atom. The fraction of sp³-hybridized carbons (Fsp3) is 0.375. The van der Waals surface area contributed by atoms with Crippen LogP contribution in [0.25, 0.3) is 0 Å². The van der Waals surface area contributed by atoms with Crippen LogP contribution in [0, 0.1) is 12.8 Å². The van der Waals surface area contributed by atoms with Gasteiger partial charge in [-0.2, -0.15) is 0 Å². The Morgan fingerprint density at radius 1 is 1.30 bits per heavy atom. The lowest BCUT2D eigenvalue weighted by atomic mass is 10.1. The first-order valence-corrected chi connectivity index (χ1v) is 6.91. The zero-order valence-electron chi connectivity index (χ0n) is 12.2. The van der Waals surface area contributed by atoms with Gasteiger partial charge in [-0.25, -0.2) is 4.98 Å². The number of amides is 1. The smallest absolute Gasteiger partial charge is 0.225 e. The molecule has 0 aliphatic carbocycles. The van der Waals surface area contributed by atoms with Crippen molar-refractivity contribution in [1.29, 1.82) is 0 Å². The second kappa shape index (κ2) is 6.37. The van der Waals surface area contributed by atoms with Gasteiger partial charge in [-0.3, -0.25) is 4.79 Å². The predicted molar refractivity (Wildman–Crippen MR) is 79.1 cm³/mol. The molecule has 0 radical (unpaired) electrons. The molecule has 0 fully saturated rings. The largest absolute Gasteiger partial charge is 0.349 e. The van der Waals surface area contributed by atoms with E-state index in [1.165, 1.54) is 0 Å². The summed E-state index contributed by atoms with van der Waals surface area (Å²) in [4.78, 5) is 16.4. The Labute approximate surface area is 119 Å². The van der Waals surface area contributed by atoms with Crippen molar-refractivity contribution >= 4 is 5.91 Å². The molecule has 2 rings (SSSR count). The van der Waals surface area contributed by atoms with E-state index in [2.05, 4.69) is 10.3 Å². The standard InChI is InChI=1S/C16H21N3O/c1-12(11-19-10-9-17-14(19)3)16(20)18-13(2)15-7-5-4-6-8-15/h4-10,12-13H,11H2,1-3H3,(H,18,20)/t12-,13-/m0/s1. The summed E-state index contributed by atoms with van der Waals surface area (Å²) < 4.78 is 2.00. The molecule has 0 aliphatic heterocycles. The summed E-state index contributed by atoms with van der Waals surface area (Å²) in [6, 6.07) is 10.0. The fourth-order valence-electron chi connectivity index (χ4n) is 2.16. The van der Waals surface area contributed by atoms with E-state index in [9.17, 15) is 4.79 Å². The van der Waals surface area contributed by atoms with Crippen molar-refractivity contribution in [2.24, 2.45) is 5.92 Å². The van der Waals surface area contributed by atoms with Crippen molar-refractivity contribution in [3.05, 3.63) is 54.1 Å². The molecular weight excluding hydrogens is 250 g/mol. The molecule has 2 aromatic rings. The van der Waals surface area contributed by atoms with E-state index in [0.717, 1.165) is 11.4 Å². The molecule has 1 aromatic heterocycles. The van der Waals surface area contributed by atoms with Crippen molar-refractivity contribution in [2.45, 2.75) is 33.4 Å². The minimum absolute atomic E-state index is 0.0232. The van der Waals surface area contributed by atoms with E-state index in [0.29, 0.717) is 6.54 Å². The number of hydrogen-bond donors (Lipinski definition) is 1. The van der Waals surface area contributed by atoms with E-state index in [1.54, 1.807) is 6.20 Å². The Kier molecular flexibility index (Phi) is 4.56. The second-order valence-electron chi connectivity index (χ2n) is 5.17. The van der Waals surface area contributed by atoms with Crippen LogP contribution in [0.1, 0.15) is 31.3 Å². The van der Waals surface area contributed by atoms with Crippen LogP contribution in [-0.2, 0) is 11.3 Å². The van der Waals surface area contributed by atoms with E-state index in [4.69, 9.17) is 0 Å². The predicted octanol–water partition coefficient (Wildman–Crippen LogP) is 2.71. The van der Waals surface area contributed by atoms with Gasteiger partial charge in [0.2, 0.25) is 5.91 Å². The molecule has 1 N–H and O–H groups in total. The van der Waals surface area contributed by atoms with Gasteiger partial charge in [-0.1, -0.05) is 37.3 Å². The summed E-state index contributed by atoms with van der Waals surface area (Å²) in [7, 11) is 0. The van der Waals surface area contributed by atoms with Crippen molar-refractivity contribution in [3.63, 3.8) is 0 Å². The third-order valence-electron chi connectivity index (χ3n) is 3.50. The average molecular weight is 271 g/mol. The third kappa shape index (κ3) is 3.47. The molecule has 0 aliphatic rings. The lowest BCUT2D eigenvalue weighted by Crippen LogP contribution is -2.33. The summed E-state index contributed by atoms with van der Waals surface area (Å²) in [5.74, 6) is 0.907. The maximum absolute atomic E-state index is 12.2. The Hall–Kier alpha value is -2.10. The lowest BCUT2D eigenvalue weighted by molar-refractivity contribution is -0.125. The normalized spacial score (nSPS) is 13.8. The highest BCUT2D eigenvalue weighted by molar-refractivity contribution is 5.78. The molecule has 1 amide bonds. The van der Waals surface area contributed by atoms with Gasteiger partial charge < -0.3 is 9.88 Å². The molecule has 0 unspecified atom stereocenters. The maximum Gasteiger partial charge on any atom is 0.225 e. The first kappa shape index (κ1) is 14.3. The highest BCUT2D eigenvalue weighted by Gasteiger charge is 2.17. The first-order valence-electron chi connectivity index (χ1n) is 6.91. The number of aromatic nitrogens is 2. The van der Waals surface area contributed by atoms with E-state index in [-0.39, 0.29) is 17.9 Å². The van der Waals surface area contributed by atoms with Crippen LogP contribution in [0.5, 0.6) is 0 Å². The van der Waals surface area contributed by atoms with Gasteiger partial charge in [0.1, 0.15) is 5.82 Å². The zero-order chi connectivity index (χ0) is 14.5. The number of benzene rings is 1. The molecule has 106 valence electrons. The molecule has 20 heavy (non-hydrogen) atoms. The summed E-state index contributed by atoms with van der Waals surface area (Å²) in [6.45, 7) is 6.53. The number of aryl methyl sites for hydroxylation is 1. The Morgan fingerprint density at radius 2 is 2.00 bits per heavy atom. The first-order chi connectivity index (χ1) is 9.58. The molecule has 2 atom stereocenters. The van der Waals surface area contributed by atoms with Crippen LogP contribution < -0.4 is 5.32 Å². The molecule has 4 heteroatoms. The average Bonchev–Trinajstić information content (AvgIpc) is 2.85. The minimum atomic E-state index is -0.0888. The number of carbonyl (C=O) groups excluding carboxylic acids is 1. The van der Waals surface area contributed by atoms with Gasteiger partial charge in [0.05, 0.1) is 12.0 Å². The van der Waals surface area contributed by atoms with Crippen LogP contribution in [0.2, 0.25) is 0 Å². The van der Waals surface area contributed by atoms with Crippen LogP contribution >= 0.6 is 0 Å². The SMILES string of the molecule is Cc1nccn1C[C@H](C)C(=O)N[C@@H](C)c1ccccc1. The number of imidazole rings is 1. The number of hydrogen-bond acceptors (Lipinski definition) is 2. The number of rotatable bonds is 5. The van der Waals surface area contributed by atoms with Gasteiger partial charge in [0.15, 0.2) is 0 Å². The second-order valence-corrected chi connectivity index (χ2v) is 5.17.